The number of aryl methyl sites for hydroxylation is 1. The minimum atomic E-state index is 0.746. The third-order valence-corrected chi connectivity index (χ3v) is 4.45. The molecule has 0 atom stereocenters. The fourth-order valence-corrected chi connectivity index (χ4v) is 3.03. The number of hydrogen-bond donors (Lipinski definition) is 1. The van der Waals surface area contributed by atoms with Crippen molar-refractivity contribution in [3.05, 3.63) is 42.1 Å². The first kappa shape index (κ1) is 14.7. The summed E-state index contributed by atoms with van der Waals surface area (Å²) in [4.78, 5) is 27.3. The van der Waals surface area contributed by atoms with Crippen LogP contribution >= 0.6 is 0 Å². The molecule has 2 aromatic heterocycles. The maximum absolute atomic E-state index is 10.8. The van der Waals surface area contributed by atoms with E-state index in [0.717, 1.165) is 60.8 Å². The van der Waals surface area contributed by atoms with Crippen LogP contribution in [0.2, 0.25) is 0 Å². The van der Waals surface area contributed by atoms with Gasteiger partial charge in [-0.3, -0.25) is 4.79 Å². The molecule has 1 aliphatic rings. The lowest BCUT2D eigenvalue weighted by molar-refractivity contribution is -0.118. The Kier molecular flexibility index (Phi) is 3.65. The topological polar surface area (TPSA) is 65.1 Å². The number of fused-ring (bicyclic) bond motifs is 1. The molecule has 122 valence electrons. The van der Waals surface area contributed by atoms with E-state index in [-0.39, 0.29) is 0 Å². The molecule has 6 heteroatoms. The Bertz CT molecular complexity index is 863. The number of imidazole rings is 1. The Balaban J connectivity index is 1.55. The van der Waals surface area contributed by atoms with Gasteiger partial charge in [0.15, 0.2) is 0 Å². The first-order valence-corrected chi connectivity index (χ1v) is 8.10. The van der Waals surface area contributed by atoms with Crippen molar-refractivity contribution in [1.82, 2.24) is 19.9 Å². The number of pyridine rings is 1. The molecular weight excluding hydrogens is 302 g/mol. The Morgan fingerprint density at radius 1 is 1.12 bits per heavy atom. The molecule has 0 radical (unpaired) electrons. The highest BCUT2D eigenvalue weighted by Crippen LogP contribution is 2.22. The van der Waals surface area contributed by atoms with Crippen LogP contribution in [0, 0.1) is 6.92 Å². The van der Waals surface area contributed by atoms with Crippen molar-refractivity contribution < 1.29 is 4.79 Å². The molecule has 0 saturated carbocycles. The van der Waals surface area contributed by atoms with E-state index in [1.807, 2.05) is 24.4 Å². The number of carbonyl (C=O) groups excluding carboxylic acids is 1. The van der Waals surface area contributed by atoms with Crippen LogP contribution in [0.15, 0.2) is 36.5 Å². The van der Waals surface area contributed by atoms with Gasteiger partial charge < -0.3 is 14.8 Å². The van der Waals surface area contributed by atoms with Crippen molar-refractivity contribution in [3.63, 3.8) is 0 Å². The van der Waals surface area contributed by atoms with Gasteiger partial charge >= 0.3 is 0 Å². The third-order valence-electron chi connectivity index (χ3n) is 4.45. The number of benzene rings is 1. The van der Waals surface area contributed by atoms with Crippen molar-refractivity contribution in [1.29, 1.82) is 0 Å². The van der Waals surface area contributed by atoms with Crippen LogP contribution in [0.25, 0.3) is 22.4 Å². The zero-order chi connectivity index (χ0) is 16.5. The molecule has 24 heavy (non-hydrogen) atoms. The van der Waals surface area contributed by atoms with Crippen LogP contribution < -0.4 is 4.90 Å². The molecule has 3 aromatic rings. The Morgan fingerprint density at radius 3 is 2.67 bits per heavy atom. The highest BCUT2D eigenvalue weighted by atomic mass is 16.1. The number of piperazine rings is 1. The average molecular weight is 321 g/mol. The second-order valence-corrected chi connectivity index (χ2v) is 6.14. The molecule has 1 amide bonds. The lowest BCUT2D eigenvalue weighted by atomic mass is 10.2. The number of H-pyrrole nitrogens is 1. The quantitative estimate of drug-likeness (QED) is 0.751. The van der Waals surface area contributed by atoms with Crippen molar-refractivity contribution >= 4 is 23.3 Å². The molecule has 1 aromatic carbocycles. The predicted molar refractivity (Wildman–Crippen MR) is 93.9 cm³/mol. The molecule has 4 rings (SSSR count). The fourth-order valence-electron chi connectivity index (χ4n) is 3.03. The van der Waals surface area contributed by atoms with Crippen molar-refractivity contribution in [2.45, 2.75) is 6.92 Å². The van der Waals surface area contributed by atoms with Crippen LogP contribution in [0.1, 0.15) is 5.56 Å². The molecule has 0 spiro atoms. The summed E-state index contributed by atoms with van der Waals surface area (Å²) in [5.41, 5.74) is 4.18. The molecular formula is C18H19N5O. The van der Waals surface area contributed by atoms with Gasteiger partial charge in [-0.25, -0.2) is 9.97 Å². The normalized spacial score (nSPS) is 15.0. The van der Waals surface area contributed by atoms with Gasteiger partial charge in [0.05, 0.1) is 11.0 Å². The highest BCUT2D eigenvalue weighted by molar-refractivity contribution is 5.80. The number of nitrogens with zero attached hydrogens (tertiary/aromatic N) is 4. The number of carbonyl (C=O) groups is 1. The molecule has 0 bridgehead atoms. The van der Waals surface area contributed by atoms with Gasteiger partial charge in [0.1, 0.15) is 11.6 Å². The number of aromatic amines is 1. The number of hydrogen-bond acceptors (Lipinski definition) is 4. The molecule has 1 fully saturated rings. The lowest BCUT2D eigenvalue weighted by Crippen LogP contribution is -2.45. The second kappa shape index (κ2) is 5.96. The second-order valence-electron chi connectivity index (χ2n) is 6.14. The van der Waals surface area contributed by atoms with E-state index in [2.05, 4.69) is 38.9 Å². The summed E-state index contributed by atoms with van der Waals surface area (Å²) in [5, 5.41) is 0. The van der Waals surface area contributed by atoms with Gasteiger partial charge in [-0.15, -0.1) is 0 Å². The summed E-state index contributed by atoms with van der Waals surface area (Å²) in [7, 11) is 0. The fraction of sp³-hybridized carbons (Fsp3) is 0.278. The SMILES string of the molecule is Cc1ccc2nc(-c3ccc(N4CCN(C=O)CC4)nc3)[nH]c2c1. The Hall–Kier alpha value is -2.89. The summed E-state index contributed by atoms with van der Waals surface area (Å²) >= 11 is 0. The first-order chi connectivity index (χ1) is 11.7. The molecule has 1 N–H and O–H groups in total. The van der Waals surface area contributed by atoms with Crippen molar-refractivity contribution in [3.8, 4) is 11.4 Å². The standard InChI is InChI=1S/C18H19N5O/c1-13-2-4-15-16(10-13)21-18(20-15)14-3-5-17(19-11-14)23-8-6-22(12-24)7-9-23/h2-5,10-12H,6-9H2,1H3,(H,20,21). The number of aromatic nitrogens is 3. The van der Waals surface area contributed by atoms with E-state index < -0.39 is 0 Å². The molecule has 6 nitrogen and oxygen atoms in total. The Morgan fingerprint density at radius 2 is 1.96 bits per heavy atom. The van der Waals surface area contributed by atoms with Gasteiger partial charge in [0.25, 0.3) is 0 Å². The molecule has 0 unspecified atom stereocenters. The van der Waals surface area contributed by atoms with Crippen molar-refractivity contribution in [2.75, 3.05) is 31.1 Å². The van der Waals surface area contributed by atoms with Crippen LogP contribution in [0.5, 0.6) is 0 Å². The number of anilines is 1. The highest BCUT2D eigenvalue weighted by Gasteiger charge is 2.16. The van der Waals surface area contributed by atoms with Crippen LogP contribution in [-0.4, -0.2) is 52.4 Å². The molecule has 3 heterocycles. The maximum Gasteiger partial charge on any atom is 0.209 e. The Labute approximate surface area is 140 Å². The van der Waals surface area contributed by atoms with E-state index in [4.69, 9.17) is 0 Å². The zero-order valence-corrected chi connectivity index (χ0v) is 13.6. The summed E-state index contributed by atoms with van der Waals surface area (Å²) in [6, 6.07) is 10.2. The van der Waals surface area contributed by atoms with E-state index >= 15 is 0 Å². The van der Waals surface area contributed by atoms with Crippen LogP contribution in [-0.2, 0) is 4.79 Å². The summed E-state index contributed by atoms with van der Waals surface area (Å²) in [5.74, 6) is 1.77. The number of rotatable bonds is 3. The average Bonchev–Trinajstić information content (AvgIpc) is 3.05. The monoisotopic (exact) mass is 321 g/mol. The van der Waals surface area contributed by atoms with Gasteiger partial charge in [-0.05, 0) is 36.8 Å². The van der Waals surface area contributed by atoms with E-state index in [1.165, 1.54) is 5.56 Å². The first-order valence-electron chi connectivity index (χ1n) is 8.10. The molecule has 1 saturated heterocycles. The largest absolute Gasteiger partial charge is 0.353 e. The van der Waals surface area contributed by atoms with Crippen LogP contribution in [0.4, 0.5) is 5.82 Å². The van der Waals surface area contributed by atoms with E-state index in [9.17, 15) is 4.79 Å². The third kappa shape index (κ3) is 2.71. The minimum Gasteiger partial charge on any atom is -0.353 e. The summed E-state index contributed by atoms with van der Waals surface area (Å²) in [6.45, 7) is 5.19. The van der Waals surface area contributed by atoms with Crippen molar-refractivity contribution in [2.24, 2.45) is 0 Å². The predicted octanol–water partition coefficient (Wildman–Crippen LogP) is 2.21. The lowest BCUT2D eigenvalue weighted by Gasteiger charge is -2.33. The number of amides is 1. The van der Waals surface area contributed by atoms with E-state index in [1.54, 1.807) is 4.90 Å². The smallest absolute Gasteiger partial charge is 0.209 e. The maximum atomic E-state index is 10.8. The van der Waals surface area contributed by atoms with Gasteiger partial charge in [-0.2, -0.15) is 0 Å². The zero-order valence-electron chi connectivity index (χ0n) is 13.6. The van der Waals surface area contributed by atoms with Gasteiger partial charge in [0.2, 0.25) is 6.41 Å². The van der Waals surface area contributed by atoms with Crippen LogP contribution in [0.3, 0.4) is 0 Å². The molecule has 1 aliphatic heterocycles. The minimum absolute atomic E-state index is 0.746. The molecule has 0 aliphatic carbocycles. The van der Waals surface area contributed by atoms with Gasteiger partial charge in [0, 0.05) is 37.9 Å². The van der Waals surface area contributed by atoms with E-state index in [0.29, 0.717) is 0 Å². The van der Waals surface area contributed by atoms with Gasteiger partial charge in [-0.1, -0.05) is 6.07 Å². The number of nitrogens with one attached hydrogen (secondary N) is 1. The summed E-state index contributed by atoms with van der Waals surface area (Å²) < 4.78 is 0. The summed E-state index contributed by atoms with van der Waals surface area (Å²) in [6.07, 6.45) is 2.77.